The maximum atomic E-state index is 9.98. The van der Waals surface area contributed by atoms with Crippen LogP contribution in [0.2, 0.25) is 0 Å². The van der Waals surface area contributed by atoms with Crippen LogP contribution in [0.1, 0.15) is 36.3 Å². The summed E-state index contributed by atoms with van der Waals surface area (Å²) in [5, 5.41) is 26.0. The standard InChI is InChI=1S/C23H27N7O/c1-14(9-20-26-24-13-29(20)3)16-5-4-6-17(11-16)21-23-22(28-27-21)19(10-15(2)25-23)30-8-7-18(31)12-30/h4-6,10-11,13-14,18,31H,7-9,12H2,1-3H3,(H,27,28)/t14-,18-/m1/s1. The molecule has 0 bridgehead atoms. The van der Waals surface area contributed by atoms with Gasteiger partial charge in [-0.3, -0.25) is 5.10 Å². The molecule has 8 heteroatoms. The maximum Gasteiger partial charge on any atom is 0.133 e. The minimum absolute atomic E-state index is 0.280. The summed E-state index contributed by atoms with van der Waals surface area (Å²) in [6.07, 6.45) is 3.06. The van der Waals surface area contributed by atoms with Gasteiger partial charge in [-0.1, -0.05) is 25.1 Å². The number of hydrogen-bond donors (Lipinski definition) is 2. The van der Waals surface area contributed by atoms with Gasteiger partial charge in [0.15, 0.2) is 0 Å². The number of nitrogens with one attached hydrogen (secondary N) is 1. The number of hydrogen-bond acceptors (Lipinski definition) is 6. The first kappa shape index (κ1) is 19.7. The average molecular weight is 418 g/mol. The van der Waals surface area contributed by atoms with Crippen molar-refractivity contribution in [3.63, 3.8) is 0 Å². The number of aryl methyl sites for hydroxylation is 2. The molecule has 3 aromatic heterocycles. The number of anilines is 1. The Morgan fingerprint density at radius 1 is 1.29 bits per heavy atom. The summed E-state index contributed by atoms with van der Waals surface area (Å²) in [5.74, 6) is 1.27. The largest absolute Gasteiger partial charge is 0.391 e. The zero-order valence-corrected chi connectivity index (χ0v) is 18.1. The number of aliphatic hydroxyl groups is 1. The first-order valence-corrected chi connectivity index (χ1v) is 10.7. The normalized spacial score (nSPS) is 17.5. The van der Waals surface area contributed by atoms with Crippen LogP contribution in [0, 0.1) is 6.92 Å². The minimum Gasteiger partial charge on any atom is -0.391 e. The Morgan fingerprint density at radius 2 is 2.16 bits per heavy atom. The van der Waals surface area contributed by atoms with E-state index >= 15 is 0 Å². The number of β-amino-alcohol motifs (C(OH)–C–C–N with tert-alkyl or cyclic N) is 1. The van der Waals surface area contributed by atoms with Gasteiger partial charge in [-0.25, -0.2) is 4.98 Å². The van der Waals surface area contributed by atoms with Gasteiger partial charge < -0.3 is 14.6 Å². The van der Waals surface area contributed by atoms with Gasteiger partial charge in [0, 0.05) is 37.8 Å². The van der Waals surface area contributed by atoms with E-state index in [4.69, 9.17) is 4.98 Å². The van der Waals surface area contributed by atoms with Crippen molar-refractivity contribution in [1.82, 2.24) is 29.9 Å². The molecule has 0 saturated carbocycles. The Balaban J connectivity index is 1.51. The molecule has 160 valence electrons. The van der Waals surface area contributed by atoms with Crippen molar-refractivity contribution < 1.29 is 5.11 Å². The van der Waals surface area contributed by atoms with Crippen LogP contribution in [0.25, 0.3) is 22.3 Å². The number of aliphatic hydroxyl groups excluding tert-OH is 1. The van der Waals surface area contributed by atoms with Crippen molar-refractivity contribution in [2.24, 2.45) is 7.05 Å². The molecule has 4 heterocycles. The van der Waals surface area contributed by atoms with Gasteiger partial charge in [-0.15, -0.1) is 10.2 Å². The predicted octanol–water partition coefficient (Wildman–Crippen LogP) is 2.98. The van der Waals surface area contributed by atoms with E-state index in [-0.39, 0.29) is 6.10 Å². The molecule has 0 amide bonds. The number of aromatic nitrogens is 6. The quantitative estimate of drug-likeness (QED) is 0.518. The molecule has 1 saturated heterocycles. The van der Waals surface area contributed by atoms with Crippen molar-refractivity contribution in [3.05, 3.63) is 53.7 Å². The highest BCUT2D eigenvalue weighted by atomic mass is 16.3. The van der Waals surface area contributed by atoms with Crippen molar-refractivity contribution in [2.45, 2.75) is 38.7 Å². The zero-order valence-electron chi connectivity index (χ0n) is 18.1. The molecular formula is C23H27N7O. The highest BCUT2D eigenvalue weighted by Gasteiger charge is 2.24. The number of pyridine rings is 1. The molecule has 5 rings (SSSR count). The number of benzene rings is 1. The average Bonchev–Trinajstić information content (AvgIpc) is 3.48. The molecule has 2 N–H and O–H groups in total. The minimum atomic E-state index is -0.280. The fourth-order valence-corrected chi connectivity index (χ4v) is 4.39. The molecule has 31 heavy (non-hydrogen) atoms. The van der Waals surface area contributed by atoms with Crippen LogP contribution in [-0.2, 0) is 13.5 Å². The van der Waals surface area contributed by atoms with Crippen LogP contribution in [0.3, 0.4) is 0 Å². The molecule has 1 aromatic carbocycles. The second kappa shape index (κ2) is 7.77. The zero-order chi connectivity index (χ0) is 21.5. The Kier molecular flexibility index (Phi) is 4.94. The summed E-state index contributed by atoms with van der Waals surface area (Å²) in [7, 11) is 1.97. The van der Waals surface area contributed by atoms with Crippen LogP contribution < -0.4 is 4.90 Å². The summed E-state index contributed by atoms with van der Waals surface area (Å²) in [6, 6.07) is 10.6. The summed E-state index contributed by atoms with van der Waals surface area (Å²) < 4.78 is 1.96. The highest BCUT2D eigenvalue weighted by molar-refractivity contribution is 5.97. The number of fused-ring (bicyclic) bond motifs is 1. The molecule has 1 aliphatic rings. The Morgan fingerprint density at radius 3 is 2.90 bits per heavy atom. The first-order valence-electron chi connectivity index (χ1n) is 10.7. The van der Waals surface area contributed by atoms with E-state index in [9.17, 15) is 5.11 Å². The van der Waals surface area contributed by atoms with E-state index in [0.717, 1.165) is 58.9 Å². The highest BCUT2D eigenvalue weighted by Crippen LogP contribution is 2.34. The third-order valence-corrected chi connectivity index (χ3v) is 6.16. The van der Waals surface area contributed by atoms with Crippen LogP contribution in [0.15, 0.2) is 36.7 Å². The number of nitrogens with zero attached hydrogens (tertiary/aromatic N) is 6. The van der Waals surface area contributed by atoms with E-state index < -0.39 is 0 Å². The Hall–Kier alpha value is -3.26. The van der Waals surface area contributed by atoms with E-state index in [1.165, 1.54) is 5.56 Å². The monoisotopic (exact) mass is 417 g/mol. The number of H-pyrrole nitrogens is 1. The molecule has 0 spiro atoms. The van der Waals surface area contributed by atoms with Gasteiger partial charge in [-0.05, 0) is 37.0 Å². The molecule has 0 unspecified atom stereocenters. The van der Waals surface area contributed by atoms with Gasteiger partial charge in [-0.2, -0.15) is 5.10 Å². The van der Waals surface area contributed by atoms with E-state index in [1.807, 2.05) is 18.5 Å². The molecule has 1 fully saturated rings. The van der Waals surface area contributed by atoms with Gasteiger partial charge >= 0.3 is 0 Å². The Labute approximate surface area is 181 Å². The van der Waals surface area contributed by atoms with E-state index in [0.29, 0.717) is 12.5 Å². The van der Waals surface area contributed by atoms with E-state index in [2.05, 4.69) is 62.6 Å². The maximum absolute atomic E-state index is 9.98. The third kappa shape index (κ3) is 3.67. The third-order valence-electron chi connectivity index (χ3n) is 6.16. The van der Waals surface area contributed by atoms with Crippen molar-refractivity contribution in [1.29, 1.82) is 0 Å². The molecule has 2 atom stereocenters. The summed E-state index contributed by atoms with van der Waals surface area (Å²) in [4.78, 5) is 7.02. The van der Waals surface area contributed by atoms with Gasteiger partial charge in [0.05, 0.1) is 11.8 Å². The van der Waals surface area contributed by atoms with Crippen molar-refractivity contribution >= 4 is 16.7 Å². The molecular weight excluding hydrogens is 390 g/mol. The van der Waals surface area contributed by atoms with Gasteiger partial charge in [0.1, 0.15) is 28.9 Å². The molecule has 1 aliphatic heterocycles. The molecule has 0 aliphatic carbocycles. The topological polar surface area (TPSA) is 95.7 Å². The second-order valence-electron chi connectivity index (χ2n) is 8.56. The SMILES string of the molecule is Cc1cc(N2CC[C@@H](O)C2)c2[nH]nc(-c3cccc([C@H](C)Cc4nncn4C)c3)c2n1. The van der Waals surface area contributed by atoms with Crippen LogP contribution in [0.4, 0.5) is 5.69 Å². The van der Waals surface area contributed by atoms with Gasteiger partial charge in [0.2, 0.25) is 0 Å². The second-order valence-corrected chi connectivity index (χ2v) is 8.56. The Bertz CT molecular complexity index is 1230. The summed E-state index contributed by atoms with van der Waals surface area (Å²) >= 11 is 0. The number of aromatic amines is 1. The summed E-state index contributed by atoms with van der Waals surface area (Å²) in [5.41, 5.74) is 6.92. The van der Waals surface area contributed by atoms with Gasteiger partial charge in [0.25, 0.3) is 0 Å². The molecule has 8 nitrogen and oxygen atoms in total. The first-order chi connectivity index (χ1) is 15.0. The lowest BCUT2D eigenvalue weighted by atomic mass is 9.95. The molecule has 4 aromatic rings. The lowest BCUT2D eigenvalue weighted by Crippen LogP contribution is -2.21. The predicted molar refractivity (Wildman–Crippen MR) is 120 cm³/mol. The van der Waals surface area contributed by atoms with Crippen LogP contribution in [0.5, 0.6) is 0 Å². The van der Waals surface area contributed by atoms with Crippen LogP contribution in [-0.4, -0.2) is 54.2 Å². The lowest BCUT2D eigenvalue weighted by molar-refractivity contribution is 0.198. The van der Waals surface area contributed by atoms with Crippen molar-refractivity contribution in [3.8, 4) is 11.3 Å². The summed E-state index contributed by atoms with van der Waals surface area (Å²) in [6.45, 7) is 5.69. The number of rotatable bonds is 5. The fourth-order valence-electron chi connectivity index (χ4n) is 4.39. The van der Waals surface area contributed by atoms with Crippen LogP contribution >= 0.6 is 0 Å². The lowest BCUT2D eigenvalue weighted by Gasteiger charge is -2.19. The van der Waals surface area contributed by atoms with E-state index in [1.54, 1.807) is 6.33 Å². The van der Waals surface area contributed by atoms with Crippen molar-refractivity contribution in [2.75, 3.05) is 18.0 Å². The molecule has 0 radical (unpaired) electrons. The fraction of sp³-hybridized carbons (Fsp3) is 0.391. The smallest absolute Gasteiger partial charge is 0.133 e.